The van der Waals surface area contributed by atoms with Gasteiger partial charge in [0.1, 0.15) is 17.1 Å². The van der Waals surface area contributed by atoms with Crippen molar-refractivity contribution in [3.05, 3.63) is 54.6 Å². The molecule has 2 N–H and O–H groups in total. The third-order valence-electron chi connectivity index (χ3n) is 5.41. The van der Waals surface area contributed by atoms with Crippen LogP contribution in [0, 0.1) is 0 Å². The van der Waals surface area contributed by atoms with Gasteiger partial charge in [-0.25, -0.2) is 0 Å². The van der Waals surface area contributed by atoms with Gasteiger partial charge in [-0.05, 0) is 57.9 Å². The fourth-order valence-corrected chi connectivity index (χ4v) is 4.05. The predicted molar refractivity (Wildman–Crippen MR) is 121 cm³/mol. The van der Waals surface area contributed by atoms with Crippen LogP contribution in [-0.2, 0) is 4.79 Å². The molecule has 4 rings (SSSR count). The second-order valence-corrected chi connectivity index (χ2v) is 9.03. The van der Waals surface area contributed by atoms with Crippen LogP contribution in [-0.4, -0.2) is 47.4 Å². The number of benzene rings is 2. The molecular weight excluding hydrogens is 376 g/mol. The van der Waals surface area contributed by atoms with Crippen molar-refractivity contribution in [3.8, 4) is 5.75 Å². The molecule has 2 aliphatic rings. The smallest absolute Gasteiger partial charge is 0.260 e. The maximum atomic E-state index is 12.9. The molecule has 0 radical (unpaired) electrons. The quantitative estimate of drug-likeness (QED) is 0.803. The van der Waals surface area contributed by atoms with Crippen LogP contribution in [0.4, 0.5) is 11.4 Å². The van der Waals surface area contributed by atoms with Crippen LogP contribution in [0.3, 0.4) is 0 Å². The van der Waals surface area contributed by atoms with Gasteiger partial charge in [-0.15, -0.1) is 0 Å². The molecule has 1 atom stereocenters. The number of carbonyl (C=O) groups excluding carboxylic acids is 1. The summed E-state index contributed by atoms with van der Waals surface area (Å²) in [6.07, 6.45) is 1.81. The van der Waals surface area contributed by atoms with Gasteiger partial charge in [0.05, 0.1) is 23.5 Å². The van der Waals surface area contributed by atoms with Crippen LogP contribution in [0.25, 0.3) is 0 Å². The lowest BCUT2D eigenvalue weighted by Gasteiger charge is -2.47. The normalized spacial score (nSPS) is 22.2. The number of amides is 1. The zero-order chi connectivity index (χ0) is 21.2. The molecule has 6 nitrogen and oxygen atoms in total. The van der Waals surface area contributed by atoms with Crippen molar-refractivity contribution in [2.75, 3.05) is 30.3 Å². The third kappa shape index (κ3) is 4.42. The Balaban J connectivity index is 1.56. The summed E-state index contributed by atoms with van der Waals surface area (Å²) in [5, 5.41) is 7.27. The van der Waals surface area contributed by atoms with E-state index >= 15 is 0 Å². The molecule has 2 aromatic rings. The van der Waals surface area contributed by atoms with Crippen molar-refractivity contribution in [1.29, 1.82) is 0 Å². The van der Waals surface area contributed by atoms with E-state index < -0.39 is 5.54 Å². The fraction of sp³-hybridized carbons (Fsp3) is 0.417. The number of likely N-dealkylation sites (tertiary alicyclic amines) is 1. The molecule has 1 amide bonds. The van der Waals surface area contributed by atoms with Gasteiger partial charge in [0.25, 0.3) is 5.91 Å². The topological polar surface area (TPSA) is 66.0 Å². The predicted octanol–water partition coefficient (Wildman–Crippen LogP) is 4.16. The monoisotopic (exact) mass is 406 g/mol. The van der Waals surface area contributed by atoms with Gasteiger partial charge in [0, 0.05) is 6.54 Å². The fourth-order valence-electron chi connectivity index (χ4n) is 4.05. The first-order valence-electron chi connectivity index (χ1n) is 10.5. The summed E-state index contributed by atoms with van der Waals surface area (Å²) in [6.45, 7) is 7.60. The summed E-state index contributed by atoms with van der Waals surface area (Å²) in [5.74, 6) is 1.60. The van der Waals surface area contributed by atoms with Crippen molar-refractivity contribution in [3.63, 3.8) is 0 Å². The molecule has 6 heteroatoms. The Morgan fingerprint density at radius 1 is 1.10 bits per heavy atom. The number of ether oxygens (including phenoxy) is 1. The van der Waals surface area contributed by atoms with Gasteiger partial charge in [-0.1, -0.05) is 30.3 Å². The number of hydrogen-bond acceptors (Lipinski definition) is 4. The molecule has 30 heavy (non-hydrogen) atoms. The summed E-state index contributed by atoms with van der Waals surface area (Å²) in [5.41, 5.74) is 1.40. The molecule has 0 aromatic heterocycles. The Kier molecular flexibility index (Phi) is 5.41. The molecule has 0 unspecified atom stereocenters. The van der Waals surface area contributed by atoms with E-state index in [9.17, 15) is 4.79 Å². The number of fused-ring (bicyclic) bond motifs is 1. The van der Waals surface area contributed by atoms with Crippen LogP contribution in [0.1, 0.15) is 33.6 Å². The lowest BCUT2D eigenvalue weighted by molar-refractivity contribution is -0.134. The molecule has 0 saturated carbocycles. The Bertz CT molecular complexity index is 936. The second kappa shape index (κ2) is 8.01. The minimum atomic E-state index is -0.428. The first kappa shape index (κ1) is 20.3. The van der Waals surface area contributed by atoms with Crippen molar-refractivity contribution < 1.29 is 9.53 Å². The SMILES string of the molecule is CC(C)(C)N=C1Nc2ccccc2N[C@@]12CCCN(C(=O)COc1ccccc1)C2. The summed E-state index contributed by atoms with van der Waals surface area (Å²) in [4.78, 5) is 19.8. The molecule has 0 aliphatic carbocycles. The maximum Gasteiger partial charge on any atom is 0.260 e. The van der Waals surface area contributed by atoms with Gasteiger partial charge in [-0.2, -0.15) is 0 Å². The van der Waals surface area contributed by atoms with Crippen LogP contribution in [0.5, 0.6) is 5.75 Å². The Morgan fingerprint density at radius 2 is 1.80 bits per heavy atom. The van der Waals surface area contributed by atoms with Crippen molar-refractivity contribution in [1.82, 2.24) is 4.90 Å². The minimum Gasteiger partial charge on any atom is -0.484 e. The Hall–Kier alpha value is -3.02. The summed E-state index contributed by atoms with van der Waals surface area (Å²) < 4.78 is 5.70. The van der Waals surface area contributed by atoms with Gasteiger partial charge in [0.15, 0.2) is 6.61 Å². The van der Waals surface area contributed by atoms with E-state index in [1.54, 1.807) is 0 Å². The summed E-state index contributed by atoms with van der Waals surface area (Å²) in [7, 11) is 0. The molecule has 2 heterocycles. The standard InChI is InChI=1S/C24H30N4O2/c1-23(2,3)27-22-24(26-20-13-8-7-12-19(20)25-22)14-9-15-28(17-24)21(29)16-30-18-10-5-4-6-11-18/h4-8,10-13,26H,9,14-17H2,1-3H3,(H,25,27)/t24-/m1/s1. The lowest BCUT2D eigenvalue weighted by atomic mass is 9.84. The van der Waals surface area contributed by atoms with Gasteiger partial charge in [-0.3, -0.25) is 9.79 Å². The molecule has 1 fully saturated rings. The zero-order valence-electron chi connectivity index (χ0n) is 17.9. The molecule has 1 spiro atoms. The van der Waals surface area contributed by atoms with Crippen LogP contribution in [0.2, 0.25) is 0 Å². The number of carbonyl (C=O) groups is 1. The number of nitrogens with zero attached hydrogens (tertiary/aromatic N) is 2. The number of nitrogens with one attached hydrogen (secondary N) is 2. The maximum absolute atomic E-state index is 12.9. The van der Waals surface area contributed by atoms with E-state index in [1.807, 2.05) is 53.4 Å². The number of hydrogen-bond donors (Lipinski definition) is 2. The second-order valence-electron chi connectivity index (χ2n) is 9.03. The van der Waals surface area contributed by atoms with Gasteiger partial charge >= 0.3 is 0 Å². The summed E-state index contributed by atoms with van der Waals surface area (Å²) in [6, 6.07) is 17.6. The number of aliphatic imine (C=N–C) groups is 1. The number of amidine groups is 1. The third-order valence-corrected chi connectivity index (χ3v) is 5.41. The van der Waals surface area contributed by atoms with E-state index in [-0.39, 0.29) is 18.1 Å². The van der Waals surface area contributed by atoms with E-state index in [0.29, 0.717) is 12.3 Å². The van der Waals surface area contributed by atoms with Gasteiger partial charge < -0.3 is 20.3 Å². The molecule has 158 valence electrons. The highest BCUT2D eigenvalue weighted by molar-refractivity contribution is 6.10. The van der Waals surface area contributed by atoms with Crippen molar-refractivity contribution in [2.24, 2.45) is 4.99 Å². The Labute approximate surface area is 178 Å². The van der Waals surface area contributed by atoms with E-state index in [1.165, 1.54) is 0 Å². The van der Waals surface area contributed by atoms with Crippen LogP contribution >= 0.6 is 0 Å². The molecular formula is C24H30N4O2. The van der Waals surface area contributed by atoms with E-state index in [4.69, 9.17) is 9.73 Å². The largest absolute Gasteiger partial charge is 0.484 e. The highest BCUT2D eigenvalue weighted by Gasteiger charge is 2.45. The average molecular weight is 407 g/mol. The first-order valence-corrected chi connectivity index (χ1v) is 10.5. The number of rotatable bonds is 3. The van der Waals surface area contributed by atoms with Crippen LogP contribution in [0.15, 0.2) is 59.6 Å². The number of piperidine rings is 1. The number of para-hydroxylation sites is 3. The average Bonchev–Trinajstić information content (AvgIpc) is 2.72. The highest BCUT2D eigenvalue weighted by Crippen LogP contribution is 2.37. The van der Waals surface area contributed by atoms with E-state index in [0.717, 1.165) is 36.6 Å². The molecule has 2 aromatic carbocycles. The molecule has 2 aliphatic heterocycles. The highest BCUT2D eigenvalue weighted by atomic mass is 16.5. The number of anilines is 2. The Morgan fingerprint density at radius 3 is 2.53 bits per heavy atom. The first-order chi connectivity index (χ1) is 14.3. The lowest BCUT2D eigenvalue weighted by Crippen LogP contribution is -2.63. The van der Waals surface area contributed by atoms with Gasteiger partial charge in [0.2, 0.25) is 0 Å². The zero-order valence-corrected chi connectivity index (χ0v) is 17.9. The minimum absolute atomic E-state index is 0.00584. The van der Waals surface area contributed by atoms with Crippen LogP contribution < -0.4 is 15.4 Å². The summed E-state index contributed by atoms with van der Waals surface area (Å²) >= 11 is 0. The van der Waals surface area contributed by atoms with Crippen molar-refractivity contribution in [2.45, 2.75) is 44.7 Å². The van der Waals surface area contributed by atoms with E-state index in [2.05, 4.69) is 37.5 Å². The van der Waals surface area contributed by atoms with Crippen molar-refractivity contribution >= 4 is 23.1 Å². The molecule has 0 bridgehead atoms. The molecule has 1 saturated heterocycles.